The Kier molecular flexibility index (Phi) is 3.19. The number of nitrogen functional groups attached to an aromatic ring is 1. The third-order valence-corrected chi connectivity index (χ3v) is 2.89. The van der Waals surface area contributed by atoms with E-state index >= 15 is 0 Å². The number of carbonyl (C=O) groups excluding carboxylic acids is 1. The van der Waals surface area contributed by atoms with Crippen molar-refractivity contribution in [3.63, 3.8) is 0 Å². The molecule has 2 rings (SSSR count). The van der Waals surface area contributed by atoms with E-state index in [9.17, 15) is 13.6 Å². The fourth-order valence-electron chi connectivity index (χ4n) is 2.02. The summed E-state index contributed by atoms with van der Waals surface area (Å²) in [7, 11) is 0. The van der Waals surface area contributed by atoms with E-state index < -0.39 is 18.3 Å². The van der Waals surface area contributed by atoms with Crippen LogP contribution in [0.2, 0.25) is 0 Å². The third kappa shape index (κ3) is 2.42. The molecule has 1 aromatic heterocycles. The lowest BCUT2D eigenvalue weighted by atomic mass is 9.92. The van der Waals surface area contributed by atoms with E-state index in [2.05, 4.69) is 4.98 Å². The number of aromatic nitrogens is 1. The molecule has 18 heavy (non-hydrogen) atoms. The van der Waals surface area contributed by atoms with Gasteiger partial charge in [0.2, 0.25) is 0 Å². The molecule has 0 amide bonds. The van der Waals surface area contributed by atoms with E-state index in [1.807, 2.05) is 0 Å². The molecule has 1 aliphatic rings. The largest absolute Gasteiger partial charge is 0.462 e. The van der Waals surface area contributed by atoms with E-state index in [4.69, 9.17) is 10.5 Å². The molecule has 0 radical (unpaired) electrons. The lowest BCUT2D eigenvalue weighted by molar-refractivity contribution is -0.0128. The zero-order chi connectivity index (χ0) is 13.3. The maximum Gasteiger partial charge on any atom is 0.341 e. The number of rotatable bonds is 2. The number of esters is 1. The number of ether oxygens (including phenoxy) is 1. The van der Waals surface area contributed by atoms with Crippen molar-refractivity contribution in [2.24, 2.45) is 0 Å². The lowest BCUT2D eigenvalue weighted by Gasteiger charge is -2.24. The van der Waals surface area contributed by atoms with Crippen LogP contribution in [0.5, 0.6) is 0 Å². The Morgan fingerprint density at radius 1 is 1.61 bits per heavy atom. The van der Waals surface area contributed by atoms with E-state index in [0.717, 1.165) is 0 Å². The minimum Gasteiger partial charge on any atom is -0.462 e. The molecule has 0 saturated carbocycles. The monoisotopic (exact) mass is 256 g/mol. The molecule has 4 nitrogen and oxygen atoms in total. The molecule has 0 aliphatic heterocycles. The lowest BCUT2D eigenvalue weighted by Crippen LogP contribution is -2.27. The molecule has 0 bridgehead atoms. The van der Waals surface area contributed by atoms with Crippen molar-refractivity contribution in [3.05, 3.63) is 22.9 Å². The van der Waals surface area contributed by atoms with E-state index in [1.54, 1.807) is 6.92 Å². The molecular formula is C12H14F2N2O2. The summed E-state index contributed by atoms with van der Waals surface area (Å²) in [5.41, 5.74) is 6.63. The minimum absolute atomic E-state index is 0.0393. The first-order valence-electron chi connectivity index (χ1n) is 5.76. The fourth-order valence-corrected chi connectivity index (χ4v) is 2.02. The molecule has 1 heterocycles. The van der Waals surface area contributed by atoms with Crippen molar-refractivity contribution >= 4 is 11.8 Å². The number of nitrogens with two attached hydrogens (primary N) is 1. The van der Waals surface area contributed by atoms with Crippen LogP contribution in [0, 0.1) is 0 Å². The SMILES string of the molecule is CCOC(=O)c1cc2c(nc1N)CCC(F)(F)C2. The van der Waals surface area contributed by atoms with E-state index in [1.165, 1.54) is 6.07 Å². The van der Waals surface area contributed by atoms with Crippen LogP contribution in [0.25, 0.3) is 0 Å². The molecule has 2 N–H and O–H groups in total. The first kappa shape index (κ1) is 12.7. The number of halogens is 2. The molecule has 0 fully saturated rings. The number of anilines is 1. The van der Waals surface area contributed by atoms with E-state index in [-0.39, 0.29) is 30.8 Å². The van der Waals surface area contributed by atoms with Gasteiger partial charge < -0.3 is 10.5 Å². The topological polar surface area (TPSA) is 65.2 Å². The van der Waals surface area contributed by atoms with Crippen molar-refractivity contribution in [1.29, 1.82) is 0 Å². The van der Waals surface area contributed by atoms with Crippen LogP contribution in [0.1, 0.15) is 35.0 Å². The fraction of sp³-hybridized carbons (Fsp3) is 0.500. The Morgan fingerprint density at radius 3 is 3.00 bits per heavy atom. The Bertz CT molecular complexity index is 489. The predicted molar refractivity (Wildman–Crippen MR) is 61.6 cm³/mol. The highest BCUT2D eigenvalue weighted by Gasteiger charge is 2.35. The van der Waals surface area contributed by atoms with Crippen molar-refractivity contribution in [2.45, 2.75) is 32.1 Å². The first-order valence-corrected chi connectivity index (χ1v) is 5.76. The number of hydrogen-bond donors (Lipinski definition) is 1. The van der Waals surface area contributed by atoms with Gasteiger partial charge in [0.1, 0.15) is 11.4 Å². The normalized spacial score (nSPS) is 17.1. The summed E-state index contributed by atoms with van der Waals surface area (Å²) in [6, 6.07) is 1.38. The first-order chi connectivity index (χ1) is 8.43. The van der Waals surface area contributed by atoms with Gasteiger partial charge in [0.15, 0.2) is 0 Å². The standard InChI is InChI=1S/C12H14F2N2O2/c1-2-18-11(17)8-5-7-6-12(13,14)4-3-9(7)16-10(8)15/h5H,2-4,6H2,1H3,(H2,15,16). The maximum absolute atomic E-state index is 13.3. The summed E-state index contributed by atoms with van der Waals surface area (Å²) >= 11 is 0. The summed E-state index contributed by atoms with van der Waals surface area (Å²) in [5.74, 6) is -3.33. The Labute approximate surface area is 103 Å². The summed E-state index contributed by atoms with van der Waals surface area (Å²) in [5, 5.41) is 0. The average Bonchev–Trinajstić information content (AvgIpc) is 2.28. The van der Waals surface area contributed by atoms with Crippen molar-refractivity contribution in [2.75, 3.05) is 12.3 Å². The van der Waals surface area contributed by atoms with Crippen LogP contribution in [0.4, 0.5) is 14.6 Å². The number of pyridine rings is 1. The molecule has 0 unspecified atom stereocenters. The average molecular weight is 256 g/mol. The van der Waals surface area contributed by atoms with Gasteiger partial charge in [-0.3, -0.25) is 0 Å². The van der Waals surface area contributed by atoms with Gasteiger partial charge in [-0.05, 0) is 25.0 Å². The number of nitrogens with zero attached hydrogens (tertiary/aromatic N) is 1. The maximum atomic E-state index is 13.3. The van der Waals surface area contributed by atoms with Crippen LogP contribution in [0.3, 0.4) is 0 Å². The highest BCUT2D eigenvalue weighted by Crippen LogP contribution is 2.33. The van der Waals surface area contributed by atoms with Gasteiger partial charge in [-0.2, -0.15) is 0 Å². The van der Waals surface area contributed by atoms with Crippen LogP contribution in [-0.4, -0.2) is 23.5 Å². The summed E-state index contributed by atoms with van der Waals surface area (Å²) in [6.07, 6.45) is -0.456. The van der Waals surface area contributed by atoms with Crippen molar-refractivity contribution < 1.29 is 18.3 Å². The smallest absolute Gasteiger partial charge is 0.341 e. The number of fused-ring (bicyclic) bond motifs is 1. The van der Waals surface area contributed by atoms with Crippen LogP contribution in [0.15, 0.2) is 6.07 Å². The van der Waals surface area contributed by atoms with Gasteiger partial charge >= 0.3 is 5.97 Å². The Morgan fingerprint density at radius 2 is 2.33 bits per heavy atom. The second kappa shape index (κ2) is 4.51. The van der Waals surface area contributed by atoms with Gasteiger partial charge in [-0.25, -0.2) is 18.6 Å². The minimum atomic E-state index is -2.74. The molecule has 0 aromatic carbocycles. The van der Waals surface area contributed by atoms with Crippen molar-refractivity contribution in [1.82, 2.24) is 4.98 Å². The van der Waals surface area contributed by atoms with Gasteiger partial charge in [0.25, 0.3) is 5.92 Å². The third-order valence-electron chi connectivity index (χ3n) is 2.89. The second-order valence-electron chi connectivity index (χ2n) is 4.28. The zero-order valence-corrected chi connectivity index (χ0v) is 10.0. The molecule has 0 saturated heterocycles. The molecule has 0 atom stereocenters. The zero-order valence-electron chi connectivity index (χ0n) is 10.0. The number of alkyl halides is 2. The molecule has 6 heteroatoms. The number of aryl methyl sites for hydroxylation is 1. The summed E-state index contributed by atoms with van der Waals surface area (Å²) in [4.78, 5) is 15.6. The molecule has 1 aliphatic carbocycles. The quantitative estimate of drug-likeness (QED) is 0.821. The van der Waals surface area contributed by atoms with E-state index in [0.29, 0.717) is 11.3 Å². The predicted octanol–water partition coefficient (Wildman–Crippen LogP) is 1.96. The highest BCUT2D eigenvalue weighted by atomic mass is 19.3. The van der Waals surface area contributed by atoms with Gasteiger partial charge in [-0.1, -0.05) is 0 Å². The second-order valence-corrected chi connectivity index (χ2v) is 4.28. The van der Waals surface area contributed by atoms with Gasteiger partial charge in [-0.15, -0.1) is 0 Å². The Balaban J connectivity index is 2.37. The van der Waals surface area contributed by atoms with Gasteiger partial charge in [0.05, 0.1) is 6.61 Å². The van der Waals surface area contributed by atoms with Crippen LogP contribution < -0.4 is 5.73 Å². The Hall–Kier alpha value is -1.72. The summed E-state index contributed by atoms with van der Waals surface area (Å²) in [6.45, 7) is 1.86. The molecule has 98 valence electrons. The molecular weight excluding hydrogens is 242 g/mol. The molecule has 1 aromatic rings. The molecule has 0 spiro atoms. The van der Waals surface area contributed by atoms with Crippen LogP contribution >= 0.6 is 0 Å². The number of carbonyl (C=O) groups is 1. The van der Waals surface area contributed by atoms with Crippen LogP contribution in [-0.2, 0) is 17.6 Å². The number of hydrogen-bond acceptors (Lipinski definition) is 4. The van der Waals surface area contributed by atoms with Gasteiger partial charge in [0, 0.05) is 18.5 Å². The van der Waals surface area contributed by atoms with Crippen molar-refractivity contribution in [3.8, 4) is 0 Å². The summed E-state index contributed by atoms with van der Waals surface area (Å²) < 4.78 is 31.4. The highest BCUT2D eigenvalue weighted by molar-refractivity contribution is 5.94.